The number of amides is 1. The molecule has 3 aromatic rings. The Morgan fingerprint density at radius 1 is 1.26 bits per heavy atom. The van der Waals surface area contributed by atoms with E-state index in [1.807, 2.05) is 51.6 Å². The molecular weight excluding hydrogens is 292 g/mol. The Balaban J connectivity index is 1.68. The van der Waals surface area contributed by atoms with Crippen molar-refractivity contribution in [3.63, 3.8) is 0 Å². The second-order valence-corrected chi connectivity index (χ2v) is 5.73. The van der Waals surface area contributed by atoms with Gasteiger partial charge in [0.1, 0.15) is 17.5 Å². The highest BCUT2D eigenvalue weighted by molar-refractivity contribution is 5.94. The van der Waals surface area contributed by atoms with Gasteiger partial charge in [-0.25, -0.2) is 9.97 Å². The Bertz CT molecular complexity index is 851. The van der Waals surface area contributed by atoms with Crippen LogP contribution in [0.25, 0.3) is 5.65 Å². The van der Waals surface area contributed by atoms with E-state index in [0.29, 0.717) is 18.7 Å². The largest absolute Gasteiger partial charge is 0.336 e. The van der Waals surface area contributed by atoms with Crippen LogP contribution in [-0.4, -0.2) is 49.4 Å². The fourth-order valence-electron chi connectivity index (χ4n) is 3.09. The number of imidazole rings is 2. The summed E-state index contributed by atoms with van der Waals surface area (Å²) >= 11 is 0. The molecule has 118 valence electrons. The van der Waals surface area contributed by atoms with Gasteiger partial charge < -0.3 is 19.2 Å². The second kappa shape index (κ2) is 5.51. The monoisotopic (exact) mass is 310 g/mol. The van der Waals surface area contributed by atoms with Crippen LogP contribution in [-0.2, 0) is 7.05 Å². The van der Waals surface area contributed by atoms with Crippen LogP contribution in [0.5, 0.6) is 0 Å². The summed E-state index contributed by atoms with van der Waals surface area (Å²) in [6.45, 7) is 2.17. The predicted molar refractivity (Wildman–Crippen MR) is 85.0 cm³/mol. The number of pyridine rings is 1. The molecule has 1 saturated heterocycles. The molecule has 23 heavy (non-hydrogen) atoms. The van der Waals surface area contributed by atoms with E-state index in [9.17, 15) is 4.79 Å². The third-order valence-electron chi connectivity index (χ3n) is 4.30. The van der Waals surface area contributed by atoms with Crippen LogP contribution in [0.4, 0.5) is 0 Å². The zero-order valence-corrected chi connectivity index (χ0v) is 12.9. The Morgan fingerprint density at radius 2 is 2.13 bits per heavy atom. The van der Waals surface area contributed by atoms with Gasteiger partial charge in [-0.1, -0.05) is 0 Å². The molecule has 1 fully saturated rings. The van der Waals surface area contributed by atoms with E-state index in [0.717, 1.165) is 18.0 Å². The van der Waals surface area contributed by atoms with Gasteiger partial charge in [0.15, 0.2) is 0 Å². The van der Waals surface area contributed by atoms with Crippen molar-refractivity contribution in [3.05, 3.63) is 54.5 Å². The predicted octanol–water partition coefficient (Wildman–Crippen LogP) is 0.854. The van der Waals surface area contributed by atoms with Crippen LogP contribution in [0.2, 0.25) is 0 Å². The molecule has 1 aliphatic rings. The summed E-state index contributed by atoms with van der Waals surface area (Å²) in [7, 11) is 1.96. The summed E-state index contributed by atoms with van der Waals surface area (Å²) in [5.74, 6) is 0.921. The van der Waals surface area contributed by atoms with Gasteiger partial charge in [-0.2, -0.15) is 0 Å². The highest BCUT2D eigenvalue weighted by Crippen LogP contribution is 2.22. The van der Waals surface area contributed by atoms with E-state index >= 15 is 0 Å². The van der Waals surface area contributed by atoms with Crippen LogP contribution in [0, 0.1) is 0 Å². The highest BCUT2D eigenvalue weighted by Gasteiger charge is 2.31. The number of rotatable bonds is 2. The van der Waals surface area contributed by atoms with E-state index in [1.165, 1.54) is 0 Å². The molecule has 1 unspecified atom stereocenters. The molecule has 0 radical (unpaired) electrons. The maximum atomic E-state index is 13.0. The molecule has 0 bridgehead atoms. The van der Waals surface area contributed by atoms with Crippen LogP contribution in [0.1, 0.15) is 22.2 Å². The van der Waals surface area contributed by atoms with E-state index < -0.39 is 0 Å². The van der Waals surface area contributed by atoms with Crippen LogP contribution >= 0.6 is 0 Å². The van der Waals surface area contributed by atoms with Gasteiger partial charge in [0.2, 0.25) is 0 Å². The van der Waals surface area contributed by atoms with Gasteiger partial charge in [-0.05, 0) is 12.1 Å². The molecule has 4 heterocycles. The summed E-state index contributed by atoms with van der Waals surface area (Å²) < 4.78 is 3.84. The van der Waals surface area contributed by atoms with Gasteiger partial charge in [0.05, 0.1) is 5.56 Å². The van der Waals surface area contributed by atoms with Crippen LogP contribution in [0.15, 0.2) is 43.1 Å². The van der Waals surface area contributed by atoms with Crippen molar-refractivity contribution in [2.45, 2.75) is 6.04 Å². The van der Waals surface area contributed by atoms with E-state index in [1.54, 1.807) is 12.4 Å². The van der Waals surface area contributed by atoms with Crippen molar-refractivity contribution in [1.82, 2.24) is 29.2 Å². The molecule has 7 heteroatoms. The third kappa shape index (κ3) is 2.39. The average molecular weight is 310 g/mol. The number of carbonyl (C=O) groups is 1. The number of nitrogens with one attached hydrogen (secondary N) is 1. The molecular formula is C16H18N6O. The summed E-state index contributed by atoms with van der Waals surface area (Å²) in [4.78, 5) is 23.5. The number of hydrogen-bond acceptors (Lipinski definition) is 4. The zero-order chi connectivity index (χ0) is 15.8. The number of fused-ring (bicyclic) bond motifs is 1. The molecule has 7 nitrogen and oxygen atoms in total. The van der Waals surface area contributed by atoms with E-state index in [2.05, 4.69) is 15.3 Å². The van der Waals surface area contributed by atoms with Crippen molar-refractivity contribution in [3.8, 4) is 0 Å². The van der Waals surface area contributed by atoms with Crippen molar-refractivity contribution in [1.29, 1.82) is 0 Å². The molecule has 0 saturated carbocycles. The molecule has 1 aliphatic heterocycles. The SMILES string of the molecule is Cn1ccnc1C1CNCCN1C(=O)c1ccc2nccn2c1. The first-order valence-corrected chi connectivity index (χ1v) is 7.65. The summed E-state index contributed by atoms with van der Waals surface area (Å²) in [6.07, 6.45) is 9.08. The lowest BCUT2D eigenvalue weighted by Gasteiger charge is -2.35. The molecule has 0 spiro atoms. The van der Waals surface area contributed by atoms with Crippen molar-refractivity contribution in [2.75, 3.05) is 19.6 Å². The number of aryl methyl sites for hydroxylation is 1. The lowest BCUT2D eigenvalue weighted by Crippen LogP contribution is -2.49. The van der Waals surface area contributed by atoms with Gasteiger partial charge in [0.25, 0.3) is 5.91 Å². The van der Waals surface area contributed by atoms with Crippen molar-refractivity contribution in [2.24, 2.45) is 7.05 Å². The highest BCUT2D eigenvalue weighted by atomic mass is 16.2. The minimum atomic E-state index is -0.0604. The standard InChI is InChI=1S/C16H18N6O/c1-20-7-5-19-15(20)13-10-17-4-9-22(13)16(23)12-2-3-14-18-6-8-21(14)11-12/h2-3,5-8,11,13,17H,4,9-10H2,1H3. The summed E-state index contributed by atoms with van der Waals surface area (Å²) in [5, 5.41) is 3.35. The normalized spacial score (nSPS) is 18.5. The van der Waals surface area contributed by atoms with Crippen molar-refractivity contribution < 1.29 is 4.79 Å². The van der Waals surface area contributed by atoms with E-state index in [4.69, 9.17) is 0 Å². The molecule has 4 rings (SSSR count). The molecule has 1 N–H and O–H groups in total. The lowest BCUT2D eigenvalue weighted by atomic mass is 10.1. The molecule has 3 aromatic heterocycles. The van der Waals surface area contributed by atoms with Gasteiger partial charge >= 0.3 is 0 Å². The number of carbonyl (C=O) groups excluding carboxylic acids is 1. The Morgan fingerprint density at radius 3 is 2.96 bits per heavy atom. The van der Waals surface area contributed by atoms with Gasteiger partial charge in [-0.15, -0.1) is 0 Å². The molecule has 0 aromatic carbocycles. The van der Waals surface area contributed by atoms with Crippen LogP contribution < -0.4 is 5.32 Å². The fourth-order valence-corrected chi connectivity index (χ4v) is 3.09. The first-order valence-electron chi connectivity index (χ1n) is 7.65. The second-order valence-electron chi connectivity index (χ2n) is 5.73. The third-order valence-corrected chi connectivity index (χ3v) is 4.30. The van der Waals surface area contributed by atoms with Crippen LogP contribution in [0.3, 0.4) is 0 Å². The first-order chi connectivity index (χ1) is 11.2. The fraction of sp³-hybridized carbons (Fsp3) is 0.312. The zero-order valence-electron chi connectivity index (χ0n) is 12.9. The minimum absolute atomic E-state index is 0.0232. The smallest absolute Gasteiger partial charge is 0.256 e. The topological polar surface area (TPSA) is 67.5 Å². The van der Waals surface area contributed by atoms with E-state index in [-0.39, 0.29) is 11.9 Å². The maximum Gasteiger partial charge on any atom is 0.256 e. The Hall–Kier alpha value is -2.67. The number of nitrogens with zero attached hydrogens (tertiary/aromatic N) is 5. The number of hydrogen-bond donors (Lipinski definition) is 1. The first kappa shape index (κ1) is 14.0. The quantitative estimate of drug-likeness (QED) is 0.762. The average Bonchev–Trinajstić information content (AvgIpc) is 3.22. The number of aromatic nitrogens is 4. The summed E-state index contributed by atoms with van der Waals surface area (Å²) in [6, 6.07) is 3.64. The molecule has 1 atom stereocenters. The van der Waals surface area contributed by atoms with Crippen molar-refractivity contribution >= 4 is 11.6 Å². The van der Waals surface area contributed by atoms with Gasteiger partial charge in [-0.3, -0.25) is 4.79 Å². The minimum Gasteiger partial charge on any atom is -0.336 e. The molecule has 0 aliphatic carbocycles. The maximum absolute atomic E-state index is 13.0. The lowest BCUT2D eigenvalue weighted by molar-refractivity contribution is 0.0620. The number of piperazine rings is 1. The van der Waals surface area contributed by atoms with Gasteiger partial charge in [0, 0.05) is 57.7 Å². The Kier molecular flexibility index (Phi) is 3.34. The molecule has 1 amide bonds. The Labute approximate surface area is 133 Å². The summed E-state index contributed by atoms with van der Waals surface area (Å²) in [5.41, 5.74) is 1.50.